The summed E-state index contributed by atoms with van der Waals surface area (Å²) in [6.45, 7) is 2.19. The highest BCUT2D eigenvalue weighted by Crippen LogP contribution is 2.30. The number of halogens is 3. The second-order valence-corrected chi connectivity index (χ2v) is 3.69. The van der Waals surface area contributed by atoms with Crippen molar-refractivity contribution in [3.05, 3.63) is 29.8 Å². The van der Waals surface area contributed by atoms with Gasteiger partial charge >= 0.3 is 12.3 Å². The molecule has 0 bridgehead atoms. The number of carbonyl (C=O) groups excluding carboxylic acids is 1. The SMILES string of the molecule is CCCCOC(=O)Nc1cccc(C(F)(F)F)c1. The first-order chi connectivity index (χ1) is 8.43. The second-order valence-electron chi connectivity index (χ2n) is 3.69. The molecule has 1 amide bonds. The Morgan fingerprint density at radius 1 is 1.39 bits per heavy atom. The van der Waals surface area contributed by atoms with Gasteiger partial charge in [0.2, 0.25) is 0 Å². The minimum absolute atomic E-state index is 0.0614. The molecule has 0 saturated heterocycles. The summed E-state index contributed by atoms with van der Waals surface area (Å²) in [5.74, 6) is 0. The number of benzene rings is 1. The topological polar surface area (TPSA) is 38.3 Å². The number of alkyl halides is 3. The van der Waals surface area contributed by atoms with E-state index in [9.17, 15) is 18.0 Å². The van der Waals surface area contributed by atoms with Gasteiger partial charge in [0.15, 0.2) is 0 Å². The van der Waals surface area contributed by atoms with Crippen molar-refractivity contribution in [2.24, 2.45) is 0 Å². The Bertz CT molecular complexity index is 405. The van der Waals surface area contributed by atoms with Crippen LogP contribution in [0.1, 0.15) is 25.3 Å². The first-order valence-electron chi connectivity index (χ1n) is 5.54. The van der Waals surface area contributed by atoms with Crippen molar-refractivity contribution in [2.45, 2.75) is 25.9 Å². The van der Waals surface area contributed by atoms with Crippen LogP contribution in [0.3, 0.4) is 0 Å². The average Bonchev–Trinajstić information content (AvgIpc) is 2.28. The molecular weight excluding hydrogens is 247 g/mol. The van der Waals surface area contributed by atoms with Crippen molar-refractivity contribution in [1.82, 2.24) is 0 Å². The third-order valence-corrected chi connectivity index (χ3v) is 2.17. The highest BCUT2D eigenvalue weighted by molar-refractivity contribution is 5.84. The van der Waals surface area contributed by atoms with E-state index in [1.165, 1.54) is 12.1 Å². The number of anilines is 1. The number of hydrogen-bond acceptors (Lipinski definition) is 2. The van der Waals surface area contributed by atoms with Crippen molar-refractivity contribution in [1.29, 1.82) is 0 Å². The van der Waals surface area contributed by atoms with Gasteiger partial charge < -0.3 is 4.74 Å². The predicted octanol–water partition coefficient (Wildman–Crippen LogP) is 4.05. The molecule has 1 aromatic rings. The highest BCUT2D eigenvalue weighted by Gasteiger charge is 2.30. The Balaban J connectivity index is 2.60. The van der Waals surface area contributed by atoms with E-state index in [1.807, 2.05) is 6.92 Å². The summed E-state index contributed by atoms with van der Waals surface area (Å²) in [7, 11) is 0. The third kappa shape index (κ3) is 4.65. The lowest BCUT2D eigenvalue weighted by Crippen LogP contribution is -2.15. The maximum atomic E-state index is 12.4. The van der Waals surface area contributed by atoms with Gasteiger partial charge in [0.05, 0.1) is 12.2 Å². The third-order valence-electron chi connectivity index (χ3n) is 2.17. The summed E-state index contributed by atoms with van der Waals surface area (Å²) in [5, 5.41) is 2.25. The minimum atomic E-state index is -4.43. The molecule has 0 heterocycles. The second kappa shape index (κ2) is 6.28. The lowest BCUT2D eigenvalue weighted by Gasteiger charge is -2.10. The normalized spacial score (nSPS) is 11.1. The van der Waals surface area contributed by atoms with Crippen LogP contribution in [0.2, 0.25) is 0 Å². The van der Waals surface area contributed by atoms with E-state index in [2.05, 4.69) is 5.32 Å². The summed E-state index contributed by atoms with van der Waals surface area (Å²) in [4.78, 5) is 11.2. The van der Waals surface area contributed by atoms with Gasteiger partial charge in [-0.3, -0.25) is 5.32 Å². The fourth-order valence-corrected chi connectivity index (χ4v) is 1.24. The van der Waals surface area contributed by atoms with Gasteiger partial charge in [-0.1, -0.05) is 19.4 Å². The largest absolute Gasteiger partial charge is 0.449 e. The Hall–Kier alpha value is -1.72. The lowest BCUT2D eigenvalue weighted by molar-refractivity contribution is -0.137. The number of rotatable bonds is 4. The molecule has 0 radical (unpaired) electrons. The Morgan fingerprint density at radius 3 is 2.72 bits per heavy atom. The van der Waals surface area contributed by atoms with E-state index in [1.54, 1.807) is 0 Å². The van der Waals surface area contributed by atoms with E-state index < -0.39 is 17.8 Å². The summed E-state index contributed by atoms with van der Waals surface area (Å²) in [6, 6.07) is 4.40. The molecular formula is C12H14F3NO2. The van der Waals surface area contributed by atoms with Crippen molar-refractivity contribution in [2.75, 3.05) is 11.9 Å². The van der Waals surface area contributed by atoms with Crippen LogP contribution in [0, 0.1) is 0 Å². The van der Waals surface area contributed by atoms with Crippen LogP contribution in [0.4, 0.5) is 23.7 Å². The van der Waals surface area contributed by atoms with E-state index in [4.69, 9.17) is 4.74 Å². The number of ether oxygens (including phenoxy) is 1. The number of hydrogen-bond donors (Lipinski definition) is 1. The Morgan fingerprint density at radius 2 is 2.11 bits per heavy atom. The maximum absolute atomic E-state index is 12.4. The van der Waals surface area contributed by atoms with Crippen LogP contribution in [-0.2, 0) is 10.9 Å². The minimum Gasteiger partial charge on any atom is -0.449 e. The van der Waals surface area contributed by atoms with Crippen LogP contribution < -0.4 is 5.32 Å². The molecule has 6 heteroatoms. The van der Waals surface area contributed by atoms with Crippen LogP contribution in [-0.4, -0.2) is 12.7 Å². The van der Waals surface area contributed by atoms with Crippen LogP contribution in [0.5, 0.6) is 0 Å². The van der Waals surface area contributed by atoms with Crippen molar-refractivity contribution >= 4 is 11.8 Å². The zero-order valence-electron chi connectivity index (χ0n) is 9.88. The smallest absolute Gasteiger partial charge is 0.416 e. The van der Waals surface area contributed by atoms with Gasteiger partial charge in [0.1, 0.15) is 0 Å². The van der Waals surface area contributed by atoms with Crippen LogP contribution in [0.15, 0.2) is 24.3 Å². The first-order valence-corrected chi connectivity index (χ1v) is 5.54. The zero-order chi connectivity index (χ0) is 13.6. The van der Waals surface area contributed by atoms with E-state index >= 15 is 0 Å². The predicted molar refractivity (Wildman–Crippen MR) is 61.3 cm³/mol. The van der Waals surface area contributed by atoms with Crippen LogP contribution in [0.25, 0.3) is 0 Å². The monoisotopic (exact) mass is 261 g/mol. The Labute approximate surface area is 103 Å². The summed E-state index contributed by atoms with van der Waals surface area (Å²) < 4.78 is 42.0. The summed E-state index contributed by atoms with van der Waals surface area (Å²) >= 11 is 0. The fourth-order valence-electron chi connectivity index (χ4n) is 1.24. The number of amides is 1. The van der Waals surface area contributed by atoms with Gasteiger partial charge in [0, 0.05) is 5.69 Å². The molecule has 0 unspecified atom stereocenters. The Kier molecular flexibility index (Phi) is 5.00. The first kappa shape index (κ1) is 14.3. The fraction of sp³-hybridized carbons (Fsp3) is 0.417. The molecule has 0 aliphatic carbocycles. The molecule has 0 saturated carbocycles. The molecule has 0 aliphatic rings. The number of unbranched alkanes of at least 4 members (excludes halogenated alkanes) is 1. The molecule has 0 aliphatic heterocycles. The van der Waals surface area contributed by atoms with Gasteiger partial charge in [-0.2, -0.15) is 13.2 Å². The summed E-state index contributed by atoms with van der Waals surface area (Å²) in [5.41, 5.74) is -0.750. The molecule has 0 fully saturated rings. The molecule has 0 spiro atoms. The zero-order valence-corrected chi connectivity index (χ0v) is 9.88. The average molecular weight is 261 g/mol. The number of carbonyl (C=O) groups is 1. The van der Waals surface area contributed by atoms with Crippen molar-refractivity contribution in [3.63, 3.8) is 0 Å². The van der Waals surface area contributed by atoms with Crippen molar-refractivity contribution < 1.29 is 22.7 Å². The van der Waals surface area contributed by atoms with Crippen molar-refractivity contribution in [3.8, 4) is 0 Å². The van der Waals surface area contributed by atoms with Crippen LogP contribution >= 0.6 is 0 Å². The van der Waals surface area contributed by atoms with Gasteiger partial charge in [-0.25, -0.2) is 4.79 Å². The van der Waals surface area contributed by atoms with Gasteiger partial charge in [0.25, 0.3) is 0 Å². The standard InChI is InChI=1S/C12H14F3NO2/c1-2-3-7-18-11(17)16-10-6-4-5-9(8-10)12(13,14)15/h4-6,8H,2-3,7H2,1H3,(H,16,17). The lowest BCUT2D eigenvalue weighted by atomic mass is 10.2. The molecule has 1 rings (SSSR count). The molecule has 1 aromatic carbocycles. The maximum Gasteiger partial charge on any atom is 0.416 e. The molecule has 0 atom stereocenters. The number of nitrogens with one attached hydrogen (secondary N) is 1. The quantitative estimate of drug-likeness (QED) is 0.830. The van der Waals surface area contributed by atoms with Gasteiger partial charge in [-0.05, 0) is 24.6 Å². The van der Waals surface area contributed by atoms with E-state index in [-0.39, 0.29) is 12.3 Å². The molecule has 100 valence electrons. The van der Waals surface area contributed by atoms with E-state index in [0.717, 1.165) is 25.0 Å². The summed E-state index contributed by atoms with van der Waals surface area (Å²) in [6.07, 6.45) is -3.58. The molecule has 1 N–H and O–H groups in total. The van der Waals surface area contributed by atoms with E-state index in [0.29, 0.717) is 0 Å². The molecule has 18 heavy (non-hydrogen) atoms. The molecule has 0 aromatic heterocycles. The van der Waals surface area contributed by atoms with Gasteiger partial charge in [-0.15, -0.1) is 0 Å². The molecule has 3 nitrogen and oxygen atoms in total. The highest BCUT2D eigenvalue weighted by atomic mass is 19.4.